The quantitative estimate of drug-likeness (QED) is 0.790. The molecule has 14 heavy (non-hydrogen) atoms. The largest absolute Gasteiger partial charge is 0.390 e. The lowest BCUT2D eigenvalue weighted by Crippen LogP contribution is -2.03. The van der Waals surface area contributed by atoms with Crippen molar-refractivity contribution < 1.29 is 18.3 Å². The van der Waals surface area contributed by atoms with E-state index in [0.717, 1.165) is 0 Å². The number of hydrogen-bond donors (Lipinski definition) is 1. The predicted octanol–water partition coefficient (Wildman–Crippen LogP) is 1.52. The van der Waals surface area contributed by atoms with E-state index in [-0.39, 0.29) is 5.69 Å². The van der Waals surface area contributed by atoms with E-state index in [1.165, 1.54) is 6.07 Å². The first-order valence-electron chi connectivity index (χ1n) is 3.58. The molecule has 0 radical (unpaired) electrons. The van der Waals surface area contributed by atoms with E-state index >= 15 is 0 Å². The van der Waals surface area contributed by atoms with Gasteiger partial charge in [0.2, 0.25) is 0 Å². The van der Waals surface area contributed by atoms with Crippen LogP contribution in [0.3, 0.4) is 0 Å². The summed E-state index contributed by atoms with van der Waals surface area (Å²) >= 11 is 0. The highest BCUT2D eigenvalue weighted by atomic mass is 19.3. The molecule has 0 saturated carbocycles. The number of pyridine rings is 1. The van der Waals surface area contributed by atoms with Crippen molar-refractivity contribution in [3.63, 3.8) is 0 Å². The molecule has 6 heteroatoms. The van der Waals surface area contributed by atoms with Crippen molar-refractivity contribution in [1.29, 1.82) is 5.26 Å². The standard InChI is InChI=1S/C8H5F3N2O/c9-5-1-4(3-14)13-6(2-12)7(5)8(10)11/h1,8,14H,3H2. The fourth-order valence-electron chi connectivity index (χ4n) is 0.947. The molecule has 0 unspecified atom stereocenters. The van der Waals surface area contributed by atoms with Gasteiger partial charge >= 0.3 is 0 Å². The van der Waals surface area contributed by atoms with Crippen LogP contribution in [0.25, 0.3) is 0 Å². The predicted molar refractivity (Wildman–Crippen MR) is 39.8 cm³/mol. The van der Waals surface area contributed by atoms with E-state index in [4.69, 9.17) is 10.4 Å². The highest BCUT2D eigenvalue weighted by molar-refractivity contribution is 5.34. The van der Waals surface area contributed by atoms with Gasteiger partial charge in [0.25, 0.3) is 6.43 Å². The number of nitriles is 1. The Bertz CT molecular complexity index is 387. The third-order valence-corrected chi connectivity index (χ3v) is 1.55. The van der Waals surface area contributed by atoms with Crippen molar-refractivity contribution in [3.8, 4) is 6.07 Å². The summed E-state index contributed by atoms with van der Waals surface area (Å²) in [6.45, 7) is -0.602. The highest BCUT2D eigenvalue weighted by Gasteiger charge is 2.20. The third kappa shape index (κ3) is 1.83. The average molecular weight is 202 g/mol. The van der Waals surface area contributed by atoms with Crippen LogP contribution in [0.5, 0.6) is 0 Å². The first-order chi connectivity index (χ1) is 6.60. The van der Waals surface area contributed by atoms with Gasteiger partial charge in [-0.3, -0.25) is 0 Å². The maximum Gasteiger partial charge on any atom is 0.269 e. The second-order valence-corrected chi connectivity index (χ2v) is 2.43. The monoisotopic (exact) mass is 202 g/mol. The summed E-state index contributed by atoms with van der Waals surface area (Å²) in [6, 6.07) is 2.03. The summed E-state index contributed by atoms with van der Waals surface area (Å²) in [6.07, 6.45) is -3.09. The third-order valence-electron chi connectivity index (χ3n) is 1.55. The summed E-state index contributed by atoms with van der Waals surface area (Å²) in [5, 5.41) is 17.0. The zero-order valence-electron chi connectivity index (χ0n) is 6.84. The topological polar surface area (TPSA) is 56.9 Å². The van der Waals surface area contributed by atoms with Crippen LogP contribution < -0.4 is 0 Å². The summed E-state index contributed by atoms with van der Waals surface area (Å²) < 4.78 is 37.4. The Balaban J connectivity index is 3.37. The first kappa shape index (κ1) is 10.5. The van der Waals surface area contributed by atoms with Crippen molar-refractivity contribution in [3.05, 3.63) is 28.8 Å². The van der Waals surface area contributed by atoms with Crippen LogP contribution in [0, 0.1) is 17.1 Å². The Morgan fingerprint density at radius 3 is 2.64 bits per heavy atom. The summed E-state index contributed by atoms with van der Waals surface area (Å²) in [4.78, 5) is 3.36. The Morgan fingerprint density at radius 1 is 1.57 bits per heavy atom. The molecule has 0 fully saturated rings. The van der Waals surface area contributed by atoms with E-state index in [9.17, 15) is 13.2 Å². The average Bonchev–Trinajstić information content (AvgIpc) is 2.15. The van der Waals surface area contributed by atoms with Gasteiger partial charge in [-0.15, -0.1) is 0 Å². The Hall–Kier alpha value is -1.61. The van der Waals surface area contributed by atoms with E-state index < -0.39 is 30.1 Å². The van der Waals surface area contributed by atoms with Gasteiger partial charge in [-0.2, -0.15) is 5.26 Å². The number of aliphatic hydroxyl groups excluding tert-OH is 1. The van der Waals surface area contributed by atoms with Crippen LogP contribution in [-0.2, 0) is 6.61 Å². The summed E-state index contributed by atoms with van der Waals surface area (Å²) in [7, 11) is 0. The van der Waals surface area contributed by atoms with Crippen LogP contribution in [0.1, 0.15) is 23.4 Å². The number of aliphatic hydroxyl groups is 1. The smallest absolute Gasteiger partial charge is 0.269 e. The highest BCUT2D eigenvalue weighted by Crippen LogP contribution is 2.24. The number of alkyl halides is 2. The molecular weight excluding hydrogens is 197 g/mol. The Kier molecular flexibility index (Phi) is 3.04. The van der Waals surface area contributed by atoms with Crippen molar-refractivity contribution in [2.75, 3.05) is 0 Å². The van der Waals surface area contributed by atoms with Crippen molar-refractivity contribution >= 4 is 0 Å². The Morgan fingerprint density at radius 2 is 2.21 bits per heavy atom. The van der Waals surface area contributed by atoms with E-state index in [1.807, 2.05) is 0 Å². The van der Waals surface area contributed by atoms with Crippen molar-refractivity contribution in [2.24, 2.45) is 0 Å². The van der Waals surface area contributed by atoms with Gasteiger partial charge in [-0.25, -0.2) is 18.2 Å². The fourth-order valence-corrected chi connectivity index (χ4v) is 0.947. The lowest BCUT2D eigenvalue weighted by atomic mass is 10.1. The van der Waals surface area contributed by atoms with Crippen molar-refractivity contribution in [2.45, 2.75) is 13.0 Å². The van der Waals surface area contributed by atoms with Gasteiger partial charge in [0.1, 0.15) is 11.9 Å². The molecule has 1 N–H and O–H groups in total. The van der Waals surface area contributed by atoms with Crippen LogP contribution in [0.15, 0.2) is 6.07 Å². The van der Waals surface area contributed by atoms with Crippen LogP contribution in [0.4, 0.5) is 13.2 Å². The minimum absolute atomic E-state index is 0.150. The summed E-state index contributed by atoms with van der Waals surface area (Å²) in [5.41, 5.74) is -1.86. The number of aromatic nitrogens is 1. The molecule has 1 rings (SSSR count). The van der Waals surface area contributed by atoms with Crippen molar-refractivity contribution in [1.82, 2.24) is 4.98 Å². The minimum atomic E-state index is -3.09. The van der Waals surface area contributed by atoms with Gasteiger partial charge in [-0.05, 0) is 6.07 Å². The minimum Gasteiger partial charge on any atom is -0.390 e. The lowest BCUT2D eigenvalue weighted by molar-refractivity contribution is 0.145. The van der Waals surface area contributed by atoms with Crippen LogP contribution in [-0.4, -0.2) is 10.1 Å². The molecule has 0 aromatic carbocycles. The number of nitrogens with zero attached hydrogens (tertiary/aromatic N) is 2. The molecule has 1 aromatic heterocycles. The number of halogens is 3. The SMILES string of the molecule is N#Cc1nc(CO)cc(F)c1C(F)F. The van der Waals surface area contributed by atoms with Gasteiger partial charge in [0.05, 0.1) is 17.9 Å². The van der Waals surface area contributed by atoms with E-state index in [0.29, 0.717) is 6.07 Å². The molecule has 0 aliphatic carbocycles. The zero-order chi connectivity index (χ0) is 10.7. The maximum atomic E-state index is 13.0. The molecule has 0 amide bonds. The molecule has 0 saturated heterocycles. The molecule has 3 nitrogen and oxygen atoms in total. The second kappa shape index (κ2) is 4.07. The summed E-state index contributed by atoms with van der Waals surface area (Å²) in [5.74, 6) is -1.23. The number of rotatable bonds is 2. The van der Waals surface area contributed by atoms with E-state index in [1.54, 1.807) is 0 Å². The van der Waals surface area contributed by atoms with Crippen LogP contribution in [0.2, 0.25) is 0 Å². The van der Waals surface area contributed by atoms with E-state index in [2.05, 4.69) is 4.98 Å². The number of hydrogen-bond acceptors (Lipinski definition) is 3. The zero-order valence-corrected chi connectivity index (χ0v) is 6.84. The normalized spacial score (nSPS) is 10.3. The molecule has 0 aliphatic heterocycles. The molecule has 1 aromatic rings. The maximum absolute atomic E-state index is 13.0. The molecule has 74 valence electrons. The second-order valence-electron chi connectivity index (χ2n) is 2.43. The first-order valence-corrected chi connectivity index (χ1v) is 3.58. The Labute approximate surface area is 77.4 Å². The molecule has 0 aliphatic rings. The van der Waals surface area contributed by atoms with Gasteiger partial charge in [0, 0.05) is 0 Å². The molecular formula is C8H5F3N2O. The fraction of sp³-hybridized carbons (Fsp3) is 0.250. The van der Waals surface area contributed by atoms with Gasteiger partial charge in [0.15, 0.2) is 5.69 Å². The molecule has 0 atom stereocenters. The molecule has 0 spiro atoms. The van der Waals surface area contributed by atoms with Gasteiger partial charge in [-0.1, -0.05) is 0 Å². The molecule has 1 heterocycles. The van der Waals surface area contributed by atoms with Gasteiger partial charge < -0.3 is 5.11 Å². The van der Waals surface area contributed by atoms with Crippen LogP contribution >= 0.6 is 0 Å². The lowest BCUT2D eigenvalue weighted by Gasteiger charge is -2.05. The molecule has 0 bridgehead atoms.